The average Bonchev–Trinajstić information content (AvgIpc) is 2.45. The molecule has 2 aromatic rings. The van der Waals surface area contributed by atoms with Crippen LogP contribution in [0.3, 0.4) is 0 Å². The molecule has 1 heterocycles. The molecule has 1 aromatic heterocycles. The Morgan fingerprint density at radius 1 is 1.43 bits per heavy atom. The monoisotopic (exact) mass is 367 g/mol. The van der Waals surface area contributed by atoms with Gasteiger partial charge in [-0.2, -0.15) is 0 Å². The van der Waals surface area contributed by atoms with Crippen molar-refractivity contribution in [2.45, 2.75) is 18.1 Å². The molecule has 21 heavy (non-hydrogen) atoms. The van der Waals surface area contributed by atoms with Crippen molar-refractivity contribution in [2.24, 2.45) is 0 Å². The maximum atomic E-state index is 11.9. The van der Waals surface area contributed by atoms with Gasteiger partial charge in [0, 0.05) is 16.7 Å². The molecule has 0 bridgehead atoms. The molecule has 110 valence electrons. The Kier molecular flexibility index (Phi) is 5.58. The van der Waals surface area contributed by atoms with Crippen LogP contribution in [-0.4, -0.2) is 21.6 Å². The molecule has 0 aliphatic heterocycles. The number of nitrogens with zero attached hydrogens (tertiary/aromatic N) is 1. The molecular formula is C14H14BrN3O2S. The third-order valence-corrected chi connectivity index (χ3v) is 4.35. The summed E-state index contributed by atoms with van der Waals surface area (Å²) in [6, 6.07) is 8.98. The summed E-state index contributed by atoms with van der Waals surface area (Å²) in [6.45, 7) is 1.92. The lowest BCUT2D eigenvalue weighted by molar-refractivity contribution is -0.119. The van der Waals surface area contributed by atoms with E-state index in [-0.39, 0.29) is 23.3 Å². The maximum Gasteiger partial charge on any atom is 0.251 e. The van der Waals surface area contributed by atoms with Crippen molar-refractivity contribution >= 4 is 33.6 Å². The Morgan fingerprint density at radius 2 is 2.19 bits per heavy atom. The summed E-state index contributed by atoms with van der Waals surface area (Å²) in [6.07, 6.45) is 1.42. The van der Waals surface area contributed by atoms with Crippen LogP contribution in [0.1, 0.15) is 18.5 Å². The van der Waals surface area contributed by atoms with Gasteiger partial charge in [0.05, 0.1) is 11.8 Å². The summed E-state index contributed by atoms with van der Waals surface area (Å²) in [4.78, 5) is 29.6. The van der Waals surface area contributed by atoms with E-state index in [0.717, 1.165) is 10.0 Å². The topological polar surface area (TPSA) is 74.8 Å². The van der Waals surface area contributed by atoms with Crippen LogP contribution in [0.4, 0.5) is 0 Å². The molecule has 0 radical (unpaired) electrons. The highest BCUT2D eigenvalue weighted by Crippen LogP contribution is 2.22. The van der Waals surface area contributed by atoms with E-state index in [1.54, 1.807) is 0 Å². The first-order chi connectivity index (χ1) is 10.1. The molecule has 0 saturated carbocycles. The van der Waals surface area contributed by atoms with Gasteiger partial charge in [0.15, 0.2) is 5.16 Å². The van der Waals surface area contributed by atoms with Gasteiger partial charge in [-0.1, -0.05) is 45.9 Å². The van der Waals surface area contributed by atoms with Gasteiger partial charge in [0.1, 0.15) is 0 Å². The number of aromatic nitrogens is 2. The van der Waals surface area contributed by atoms with Crippen LogP contribution in [-0.2, 0) is 4.79 Å². The lowest BCUT2D eigenvalue weighted by atomic mass is 10.1. The number of benzene rings is 1. The molecule has 0 fully saturated rings. The molecule has 0 saturated heterocycles. The summed E-state index contributed by atoms with van der Waals surface area (Å²) in [5.41, 5.74) is 0.789. The van der Waals surface area contributed by atoms with E-state index in [2.05, 4.69) is 31.2 Å². The van der Waals surface area contributed by atoms with E-state index in [4.69, 9.17) is 0 Å². The van der Waals surface area contributed by atoms with Crippen LogP contribution in [0.2, 0.25) is 0 Å². The van der Waals surface area contributed by atoms with E-state index in [1.165, 1.54) is 24.0 Å². The largest absolute Gasteiger partial charge is 0.349 e. The van der Waals surface area contributed by atoms with Crippen molar-refractivity contribution < 1.29 is 4.79 Å². The summed E-state index contributed by atoms with van der Waals surface area (Å²) in [7, 11) is 0. The summed E-state index contributed by atoms with van der Waals surface area (Å²) in [5.74, 6) is 0.0802. The van der Waals surface area contributed by atoms with E-state index >= 15 is 0 Å². The predicted octanol–water partition coefficient (Wildman–Crippen LogP) is 2.50. The number of rotatable bonds is 5. The number of hydrogen-bond acceptors (Lipinski definition) is 4. The number of aromatic amines is 1. The third-order valence-electron chi connectivity index (χ3n) is 2.74. The number of hydrogen-bond donors (Lipinski definition) is 2. The van der Waals surface area contributed by atoms with Gasteiger partial charge in [0.2, 0.25) is 5.91 Å². The Balaban J connectivity index is 1.90. The first kappa shape index (κ1) is 15.8. The minimum atomic E-state index is -0.227. The van der Waals surface area contributed by atoms with E-state index in [0.29, 0.717) is 5.16 Å². The minimum absolute atomic E-state index is 0.101. The molecular weight excluding hydrogens is 354 g/mol. The Labute approximate surface area is 134 Å². The number of amides is 1. The standard InChI is InChI=1S/C14H14BrN3O2S/c1-9(10-4-2-3-5-11(10)15)17-13(20)8-21-14-16-7-6-12(19)18-14/h2-7,9H,8H2,1H3,(H,17,20)(H,16,18,19)/t9-/m1/s1. The van der Waals surface area contributed by atoms with Crippen LogP contribution in [0.15, 0.2) is 51.0 Å². The molecule has 2 rings (SSSR count). The number of halogens is 1. The molecule has 5 nitrogen and oxygen atoms in total. The average molecular weight is 368 g/mol. The van der Waals surface area contributed by atoms with Gasteiger partial charge in [0.25, 0.3) is 5.56 Å². The van der Waals surface area contributed by atoms with Crippen molar-refractivity contribution in [3.8, 4) is 0 Å². The fraction of sp³-hybridized carbons (Fsp3) is 0.214. The number of carbonyl (C=O) groups excluding carboxylic acids is 1. The van der Waals surface area contributed by atoms with Crippen LogP contribution in [0, 0.1) is 0 Å². The van der Waals surface area contributed by atoms with Crippen LogP contribution >= 0.6 is 27.7 Å². The number of nitrogens with one attached hydrogen (secondary N) is 2. The highest BCUT2D eigenvalue weighted by atomic mass is 79.9. The first-order valence-corrected chi connectivity index (χ1v) is 8.06. The molecule has 1 atom stereocenters. The van der Waals surface area contributed by atoms with Gasteiger partial charge in [-0.15, -0.1) is 0 Å². The van der Waals surface area contributed by atoms with Crippen molar-refractivity contribution in [3.63, 3.8) is 0 Å². The van der Waals surface area contributed by atoms with Crippen LogP contribution in [0.5, 0.6) is 0 Å². The minimum Gasteiger partial charge on any atom is -0.349 e. The molecule has 0 aliphatic carbocycles. The second kappa shape index (κ2) is 7.42. The van der Waals surface area contributed by atoms with Gasteiger partial charge in [-0.25, -0.2) is 4.98 Å². The molecule has 1 amide bonds. The van der Waals surface area contributed by atoms with Crippen LogP contribution < -0.4 is 10.9 Å². The SMILES string of the molecule is C[C@@H](NC(=O)CSc1nccc(=O)[nH]1)c1ccccc1Br. The van der Waals surface area contributed by atoms with Crippen molar-refractivity contribution in [1.29, 1.82) is 0 Å². The highest BCUT2D eigenvalue weighted by molar-refractivity contribution is 9.10. The number of H-pyrrole nitrogens is 1. The smallest absolute Gasteiger partial charge is 0.251 e. The molecule has 7 heteroatoms. The zero-order valence-electron chi connectivity index (χ0n) is 11.3. The fourth-order valence-corrected chi connectivity index (χ4v) is 3.03. The molecule has 0 aliphatic rings. The molecule has 0 spiro atoms. The van der Waals surface area contributed by atoms with Crippen molar-refractivity contribution in [3.05, 3.63) is 56.9 Å². The van der Waals surface area contributed by atoms with Gasteiger partial charge in [-0.3, -0.25) is 9.59 Å². The number of thioether (sulfide) groups is 1. The maximum absolute atomic E-state index is 11.9. The Hall–Kier alpha value is -1.60. The second-order valence-corrected chi connectivity index (χ2v) is 6.16. The van der Waals surface area contributed by atoms with Crippen molar-refractivity contribution in [2.75, 3.05) is 5.75 Å². The quantitative estimate of drug-likeness (QED) is 0.628. The van der Waals surface area contributed by atoms with E-state index in [9.17, 15) is 9.59 Å². The lowest BCUT2D eigenvalue weighted by Gasteiger charge is -2.15. The van der Waals surface area contributed by atoms with Crippen LogP contribution in [0.25, 0.3) is 0 Å². The zero-order chi connectivity index (χ0) is 15.2. The lowest BCUT2D eigenvalue weighted by Crippen LogP contribution is -2.28. The molecule has 1 aromatic carbocycles. The predicted molar refractivity (Wildman–Crippen MR) is 86.3 cm³/mol. The van der Waals surface area contributed by atoms with E-state index in [1.807, 2.05) is 31.2 Å². The van der Waals surface area contributed by atoms with Gasteiger partial charge < -0.3 is 10.3 Å². The number of carbonyl (C=O) groups is 1. The molecule has 2 N–H and O–H groups in total. The third kappa shape index (κ3) is 4.71. The Bertz CT molecular complexity index is 690. The normalized spacial score (nSPS) is 11.9. The van der Waals surface area contributed by atoms with E-state index < -0.39 is 0 Å². The van der Waals surface area contributed by atoms with Gasteiger partial charge in [-0.05, 0) is 18.6 Å². The van der Waals surface area contributed by atoms with Crippen molar-refractivity contribution in [1.82, 2.24) is 15.3 Å². The highest BCUT2D eigenvalue weighted by Gasteiger charge is 2.12. The summed E-state index contributed by atoms with van der Waals surface area (Å²) >= 11 is 4.66. The molecule has 0 unspecified atom stereocenters. The first-order valence-electron chi connectivity index (χ1n) is 6.28. The second-order valence-electron chi connectivity index (χ2n) is 4.34. The Morgan fingerprint density at radius 3 is 2.90 bits per heavy atom. The summed E-state index contributed by atoms with van der Waals surface area (Å²) < 4.78 is 0.958. The fourth-order valence-electron chi connectivity index (χ4n) is 1.75. The van der Waals surface area contributed by atoms with Gasteiger partial charge >= 0.3 is 0 Å². The zero-order valence-corrected chi connectivity index (χ0v) is 13.7. The summed E-state index contributed by atoms with van der Waals surface area (Å²) in [5, 5.41) is 3.35.